The summed E-state index contributed by atoms with van der Waals surface area (Å²) >= 11 is 0. The van der Waals surface area contributed by atoms with Crippen molar-refractivity contribution in [1.29, 1.82) is 0 Å². The van der Waals surface area contributed by atoms with E-state index >= 15 is 0 Å². The molecule has 148 valence electrons. The number of carbonyl (C=O) groups is 2. The van der Waals surface area contributed by atoms with E-state index in [2.05, 4.69) is 16.7 Å². The Balaban J connectivity index is 1.41. The van der Waals surface area contributed by atoms with Crippen LogP contribution in [0.2, 0.25) is 0 Å². The van der Waals surface area contributed by atoms with Crippen LogP contribution in [-0.4, -0.2) is 24.9 Å². The summed E-state index contributed by atoms with van der Waals surface area (Å²) in [5.41, 5.74) is 3.30. The summed E-state index contributed by atoms with van der Waals surface area (Å²) in [4.78, 5) is 27.3. The maximum absolute atomic E-state index is 12.8. The van der Waals surface area contributed by atoms with E-state index in [1.807, 2.05) is 29.2 Å². The summed E-state index contributed by atoms with van der Waals surface area (Å²) in [6, 6.07) is 18.8. The Kier molecular flexibility index (Phi) is 5.61. The second kappa shape index (κ2) is 8.65. The molecule has 2 heterocycles. The van der Waals surface area contributed by atoms with Gasteiger partial charge in [-0.05, 0) is 48.7 Å². The molecule has 0 aliphatic carbocycles. The van der Waals surface area contributed by atoms with Gasteiger partial charge < -0.3 is 20.0 Å². The first kappa shape index (κ1) is 18.8. The van der Waals surface area contributed by atoms with Gasteiger partial charge in [0.2, 0.25) is 5.91 Å². The van der Waals surface area contributed by atoms with Crippen molar-refractivity contribution in [3.8, 4) is 0 Å². The zero-order valence-electron chi connectivity index (χ0n) is 16.1. The van der Waals surface area contributed by atoms with Crippen molar-refractivity contribution in [2.75, 3.05) is 23.3 Å². The SMILES string of the molecule is O=C(NCc1ccco1)c1ccccc1NCC(=O)N1CCCc2ccccc21. The fourth-order valence-corrected chi connectivity index (χ4v) is 3.57. The molecule has 1 aromatic heterocycles. The minimum Gasteiger partial charge on any atom is -0.467 e. The van der Waals surface area contributed by atoms with Crippen LogP contribution in [0.5, 0.6) is 0 Å². The van der Waals surface area contributed by atoms with Crippen molar-refractivity contribution in [3.63, 3.8) is 0 Å². The molecule has 2 aromatic carbocycles. The molecule has 3 aromatic rings. The molecule has 0 unspecified atom stereocenters. The number of amides is 2. The maximum Gasteiger partial charge on any atom is 0.253 e. The number of aryl methyl sites for hydroxylation is 1. The number of nitrogens with zero attached hydrogens (tertiary/aromatic N) is 1. The molecule has 0 fully saturated rings. The van der Waals surface area contributed by atoms with Gasteiger partial charge in [-0.15, -0.1) is 0 Å². The van der Waals surface area contributed by atoms with Crippen LogP contribution in [0.1, 0.15) is 28.1 Å². The Morgan fingerprint density at radius 3 is 2.69 bits per heavy atom. The summed E-state index contributed by atoms with van der Waals surface area (Å²) in [5.74, 6) is 0.450. The van der Waals surface area contributed by atoms with Gasteiger partial charge >= 0.3 is 0 Å². The molecule has 1 aliphatic heterocycles. The second-order valence-corrected chi connectivity index (χ2v) is 6.94. The molecule has 29 heavy (non-hydrogen) atoms. The minimum atomic E-state index is -0.222. The largest absolute Gasteiger partial charge is 0.467 e. The van der Waals surface area contributed by atoms with Gasteiger partial charge in [0.1, 0.15) is 5.76 Å². The third kappa shape index (κ3) is 4.32. The standard InChI is InChI=1S/C23H23N3O3/c27-22(26-13-5-8-17-7-1-4-12-21(17)26)16-24-20-11-3-2-10-19(20)23(28)25-15-18-9-6-14-29-18/h1-4,6-7,9-12,14,24H,5,8,13,15-16H2,(H,25,28). The molecule has 2 amide bonds. The van der Waals surface area contributed by atoms with Gasteiger partial charge in [-0.3, -0.25) is 9.59 Å². The lowest BCUT2D eigenvalue weighted by Gasteiger charge is -2.29. The number of anilines is 2. The number of para-hydroxylation sites is 2. The van der Waals surface area contributed by atoms with E-state index in [1.54, 1.807) is 36.6 Å². The Morgan fingerprint density at radius 1 is 1.00 bits per heavy atom. The second-order valence-electron chi connectivity index (χ2n) is 6.94. The predicted molar refractivity (Wildman–Crippen MR) is 112 cm³/mol. The van der Waals surface area contributed by atoms with E-state index in [-0.39, 0.29) is 18.4 Å². The van der Waals surface area contributed by atoms with E-state index < -0.39 is 0 Å². The van der Waals surface area contributed by atoms with Crippen LogP contribution < -0.4 is 15.5 Å². The number of carbonyl (C=O) groups excluding carboxylic acids is 2. The van der Waals surface area contributed by atoms with Crippen LogP contribution in [-0.2, 0) is 17.8 Å². The monoisotopic (exact) mass is 389 g/mol. The number of benzene rings is 2. The number of fused-ring (bicyclic) bond motifs is 1. The number of hydrogen-bond acceptors (Lipinski definition) is 4. The first-order chi connectivity index (χ1) is 14.2. The van der Waals surface area contributed by atoms with Crippen LogP contribution in [0.4, 0.5) is 11.4 Å². The Bertz CT molecular complexity index is 998. The molecule has 1 aliphatic rings. The molecule has 0 bridgehead atoms. The van der Waals surface area contributed by atoms with Crippen LogP contribution in [0.3, 0.4) is 0 Å². The molecule has 0 saturated heterocycles. The molecule has 0 atom stereocenters. The highest BCUT2D eigenvalue weighted by Crippen LogP contribution is 2.26. The molecule has 0 radical (unpaired) electrons. The minimum absolute atomic E-state index is 0.0112. The lowest BCUT2D eigenvalue weighted by molar-refractivity contribution is -0.117. The van der Waals surface area contributed by atoms with Gasteiger partial charge in [0.25, 0.3) is 5.91 Å². The van der Waals surface area contributed by atoms with Gasteiger partial charge in [-0.1, -0.05) is 30.3 Å². The Morgan fingerprint density at radius 2 is 1.83 bits per heavy atom. The highest BCUT2D eigenvalue weighted by atomic mass is 16.3. The predicted octanol–water partition coefficient (Wildman–Crippen LogP) is 3.60. The van der Waals surface area contributed by atoms with Crippen LogP contribution in [0, 0.1) is 0 Å². The third-order valence-corrected chi connectivity index (χ3v) is 5.02. The topological polar surface area (TPSA) is 74.6 Å². The number of rotatable bonds is 6. The van der Waals surface area contributed by atoms with E-state index in [0.29, 0.717) is 30.1 Å². The normalized spacial score (nSPS) is 12.9. The zero-order chi connectivity index (χ0) is 20.1. The first-order valence-electron chi connectivity index (χ1n) is 9.74. The van der Waals surface area contributed by atoms with Gasteiger partial charge in [-0.2, -0.15) is 0 Å². The van der Waals surface area contributed by atoms with Crippen LogP contribution >= 0.6 is 0 Å². The molecule has 4 rings (SSSR count). The fraction of sp³-hybridized carbons (Fsp3) is 0.217. The van der Waals surface area contributed by atoms with Crippen molar-refractivity contribution in [2.45, 2.75) is 19.4 Å². The number of hydrogen-bond donors (Lipinski definition) is 2. The number of nitrogens with one attached hydrogen (secondary N) is 2. The summed E-state index contributed by atoms with van der Waals surface area (Å²) in [6.45, 7) is 1.14. The zero-order valence-corrected chi connectivity index (χ0v) is 16.1. The van der Waals surface area contributed by atoms with Gasteiger partial charge in [0, 0.05) is 17.9 Å². The quantitative estimate of drug-likeness (QED) is 0.676. The maximum atomic E-state index is 12.8. The molecular weight excluding hydrogens is 366 g/mol. The fourth-order valence-electron chi connectivity index (χ4n) is 3.57. The summed E-state index contributed by atoms with van der Waals surface area (Å²) in [7, 11) is 0. The van der Waals surface area contributed by atoms with E-state index in [9.17, 15) is 9.59 Å². The highest BCUT2D eigenvalue weighted by molar-refractivity contribution is 6.01. The molecule has 2 N–H and O–H groups in total. The molecular formula is C23H23N3O3. The van der Waals surface area contributed by atoms with Crippen molar-refractivity contribution in [1.82, 2.24) is 5.32 Å². The van der Waals surface area contributed by atoms with Crippen LogP contribution in [0.15, 0.2) is 71.3 Å². The van der Waals surface area contributed by atoms with Gasteiger partial charge in [-0.25, -0.2) is 0 Å². The molecule has 0 saturated carbocycles. The van der Waals surface area contributed by atoms with Gasteiger partial charge in [0.15, 0.2) is 0 Å². The third-order valence-electron chi connectivity index (χ3n) is 5.02. The Labute approximate surface area is 169 Å². The molecule has 6 heteroatoms. The molecule has 6 nitrogen and oxygen atoms in total. The van der Waals surface area contributed by atoms with Crippen molar-refractivity contribution in [2.24, 2.45) is 0 Å². The Hall–Kier alpha value is -3.54. The number of furan rings is 1. The van der Waals surface area contributed by atoms with E-state index in [4.69, 9.17) is 4.42 Å². The van der Waals surface area contributed by atoms with E-state index in [1.165, 1.54) is 5.56 Å². The molecule has 0 spiro atoms. The average molecular weight is 389 g/mol. The summed E-state index contributed by atoms with van der Waals surface area (Å²) < 4.78 is 5.24. The first-order valence-corrected chi connectivity index (χ1v) is 9.74. The van der Waals surface area contributed by atoms with Crippen LogP contribution in [0.25, 0.3) is 0 Å². The average Bonchev–Trinajstić information content (AvgIpc) is 3.29. The van der Waals surface area contributed by atoms with E-state index in [0.717, 1.165) is 18.5 Å². The lowest BCUT2D eigenvalue weighted by Crippen LogP contribution is -2.39. The highest BCUT2D eigenvalue weighted by Gasteiger charge is 2.22. The van der Waals surface area contributed by atoms with Crippen molar-refractivity contribution in [3.05, 3.63) is 83.8 Å². The smallest absolute Gasteiger partial charge is 0.253 e. The summed E-state index contributed by atoms with van der Waals surface area (Å²) in [5, 5.41) is 5.98. The van der Waals surface area contributed by atoms with Crippen molar-refractivity contribution < 1.29 is 14.0 Å². The van der Waals surface area contributed by atoms with Gasteiger partial charge in [0.05, 0.1) is 24.9 Å². The van der Waals surface area contributed by atoms with Crippen molar-refractivity contribution >= 4 is 23.2 Å². The lowest BCUT2D eigenvalue weighted by atomic mass is 10.0. The summed E-state index contributed by atoms with van der Waals surface area (Å²) in [6.07, 6.45) is 3.52.